The molecule has 0 unspecified atom stereocenters. The molecule has 1 aromatic heterocycles. The minimum Gasteiger partial charge on any atom is -0.308 e. The van der Waals surface area contributed by atoms with E-state index in [-0.39, 0.29) is 0 Å². The van der Waals surface area contributed by atoms with Gasteiger partial charge in [-0.3, -0.25) is 0 Å². The number of fused-ring (bicyclic) bond motifs is 1. The number of aromatic nitrogens is 1. The summed E-state index contributed by atoms with van der Waals surface area (Å²) in [6.07, 6.45) is 0. The first-order valence-electron chi connectivity index (χ1n) is 4.66. The molecule has 0 atom stereocenters. The zero-order chi connectivity index (χ0) is 11.0. The third-order valence-electron chi connectivity index (χ3n) is 2.46. The Hall–Kier alpha value is -1.13. The highest BCUT2D eigenvalue weighted by atomic mass is 79.9. The normalized spacial score (nSPS) is 10.7. The first kappa shape index (κ1) is 10.4. The highest BCUT2D eigenvalue weighted by Gasteiger charge is 2.06. The SMILES string of the molecule is Cc1cc2c(Br)ccc(C)c2nc1NN. The van der Waals surface area contributed by atoms with Crippen molar-refractivity contribution in [2.75, 3.05) is 5.43 Å². The molecule has 0 spiro atoms. The number of aryl methyl sites for hydroxylation is 2. The van der Waals surface area contributed by atoms with E-state index in [4.69, 9.17) is 5.84 Å². The van der Waals surface area contributed by atoms with Gasteiger partial charge in [0.15, 0.2) is 0 Å². The van der Waals surface area contributed by atoms with Crippen molar-refractivity contribution in [3.63, 3.8) is 0 Å². The predicted octanol–water partition coefficient (Wildman–Crippen LogP) is 2.90. The minimum absolute atomic E-state index is 0.726. The molecule has 0 bridgehead atoms. The van der Waals surface area contributed by atoms with Crippen molar-refractivity contribution in [1.29, 1.82) is 0 Å². The maximum absolute atomic E-state index is 5.41. The van der Waals surface area contributed by atoms with Crippen LogP contribution in [0.3, 0.4) is 0 Å². The van der Waals surface area contributed by atoms with Crippen molar-refractivity contribution in [2.24, 2.45) is 5.84 Å². The summed E-state index contributed by atoms with van der Waals surface area (Å²) in [6, 6.07) is 6.15. The van der Waals surface area contributed by atoms with E-state index in [1.165, 1.54) is 0 Å². The average Bonchev–Trinajstić information content (AvgIpc) is 2.23. The van der Waals surface area contributed by atoms with Crippen LogP contribution in [0.4, 0.5) is 5.82 Å². The molecular weight excluding hydrogens is 254 g/mol. The summed E-state index contributed by atoms with van der Waals surface area (Å²) in [7, 11) is 0. The number of hydrogen-bond acceptors (Lipinski definition) is 3. The van der Waals surface area contributed by atoms with Crippen LogP contribution < -0.4 is 11.3 Å². The summed E-state index contributed by atoms with van der Waals surface area (Å²) >= 11 is 3.52. The number of anilines is 1. The van der Waals surface area contributed by atoms with E-state index in [2.05, 4.69) is 32.4 Å². The second-order valence-corrected chi connectivity index (χ2v) is 4.41. The number of nitrogen functional groups attached to an aromatic ring is 1. The molecule has 15 heavy (non-hydrogen) atoms. The van der Waals surface area contributed by atoms with E-state index in [0.717, 1.165) is 32.3 Å². The van der Waals surface area contributed by atoms with Gasteiger partial charge in [-0.15, -0.1) is 0 Å². The lowest BCUT2D eigenvalue weighted by atomic mass is 10.1. The first-order valence-corrected chi connectivity index (χ1v) is 5.46. The molecule has 4 heteroatoms. The molecule has 1 heterocycles. The monoisotopic (exact) mass is 265 g/mol. The Labute approximate surface area is 96.8 Å². The molecule has 0 saturated heterocycles. The number of nitrogens with two attached hydrogens (primary N) is 1. The molecular formula is C11H12BrN3. The van der Waals surface area contributed by atoms with Gasteiger partial charge in [-0.25, -0.2) is 10.8 Å². The van der Waals surface area contributed by atoms with Gasteiger partial charge in [-0.05, 0) is 37.1 Å². The second-order valence-electron chi connectivity index (χ2n) is 3.56. The lowest BCUT2D eigenvalue weighted by molar-refractivity contribution is 1.22. The van der Waals surface area contributed by atoms with E-state index >= 15 is 0 Å². The van der Waals surface area contributed by atoms with Gasteiger partial charge in [-0.1, -0.05) is 22.0 Å². The zero-order valence-corrected chi connectivity index (χ0v) is 10.2. The van der Waals surface area contributed by atoms with Gasteiger partial charge in [0.1, 0.15) is 5.82 Å². The molecule has 0 aliphatic heterocycles. The van der Waals surface area contributed by atoms with Crippen molar-refractivity contribution in [2.45, 2.75) is 13.8 Å². The number of hydrogen-bond donors (Lipinski definition) is 2. The topological polar surface area (TPSA) is 50.9 Å². The fourth-order valence-electron chi connectivity index (χ4n) is 1.61. The summed E-state index contributed by atoms with van der Waals surface area (Å²) in [4.78, 5) is 4.49. The van der Waals surface area contributed by atoms with Gasteiger partial charge in [0, 0.05) is 9.86 Å². The predicted molar refractivity (Wildman–Crippen MR) is 66.7 cm³/mol. The lowest BCUT2D eigenvalue weighted by Crippen LogP contribution is -2.10. The van der Waals surface area contributed by atoms with Crippen LogP contribution in [0.5, 0.6) is 0 Å². The maximum Gasteiger partial charge on any atom is 0.143 e. The van der Waals surface area contributed by atoms with Crippen molar-refractivity contribution in [3.05, 3.63) is 33.8 Å². The van der Waals surface area contributed by atoms with E-state index in [1.54, 1.807) is 0 Å². The largest absolute Gasteiger partial charge is 0.308 e. The van der Waals surface area contributed by atoms with Gasteiger partial charge < -0.3 is 5.43 Å². The number of benzene rings is 1. The summed E-state index contributed by atoms with van der Waals surface area (Å²) in [5, 5.41) is 1.12. The van der Waals surface area contributed by atoms with Gasteiger partial charge in [0.05, 0.1) is 5.52 Å². The Bertz CT molecular complexity index is 523. The highest BCUT2D eigenvalue weighted by molar-refractivity contribution is 9.10. The minimum atomic E-state index is 0.726. The van der Waals surface area contributed by atoms with E-state index in [1.807, 2.05) is 26.0 Å². The molecule has 0 aliphatic rings. The zero-order valence-electron chi connectivity index (χ0n) is 8.63. The van der Waals surface area contributed by atoms with Gasteiger partial charge in [-0.2, -0.15) is 0 Å². The second kappa shape index (κ2) is 3.79. The summed E-state index contributed by atoms with van der Waals surface area (Å²) in [5.74, 6) is 6.13. The van der Waals surface area contributed by atoms with Crippen LogP contribution in [-0.4, -0.2) is 4.98 Å². The van der Waals surface area contributed by atoms with Crippen molar-refractivity contribution in [3.8, 4) is 0 Å². The molecule has 0 amide bonds. The molecule has 3 nitrogen and oxygen atoms in total. The van der Waals surface area contributed by atoms with E-state index in [9.17, 15) is 0 Å². The van der Waals surface area contributed by atoms with Gasteiger partial charge in [0.2, 0.25) is 0 Å². The number of rotatable bonds is 1. The molecule has 2 aromatic rings. The van der Waals surface area contributed by atoms with E-state index in [0.29, 0.717) is 0 Å². The highest BCUT2D eigenvalue weighted by Crippen LogP contribution is 2.28. The fraction of sp³-hybridized carbons (Fsp3) is 0.182. The third kappa shape index (κ3) is 1.70. The van der Waals surface area contributed by atoms with Crippen LogP contribution in [0, 0.1) is 13.8 Å². The van der Waals surface area contributed by atoms with Crippen LogP contribution in [0.25, 0.3) is 10.9 Å². The summed E-state index contributed by atoms with van der Waals surface area (Å²) < 4.78 is 1.06. The van der Waals surface area contributed by atoms with Crippen LogP contribution in [-0.2, 0) is 0 Å². The molecule has 0 radical (unpaired) electrons. The molecule has 0 saturated carbocycles. The molecule has 0 aliphatic carbocycles. The molecule has 2 rings (SSSR count). The Morgan fingerprint density at radius 1 is 1.27 bits per heavy atom. The Balaban J connectivity index is 2.86. The van der Waals surface area contributed by atoms with Crippen LogP contribution >= 0.6 is 15.9 Å². The van der Waals surface area contributed by atoms with Crippen LogP contribution in [0.15, 0.2) is 22.7 Å². The number of pyridine rings is 1. The van der Waals surface area contributed by atoms with E-state index < -0.39 is 0 Å². The molecule has 78 valence electrons. The summed E-state index contributed by atoms with van der Waals surface area (Å²) in [5.41, 5.74) is 5.76. The lowest BCUT2D eigenvalue weighted by Gasteiger charge is -2.09. The van der Waals surface area contributed by atoms with Crippen LogP contribution in [0.1, 0.15) is 11.1 Å². The number of halogens is 1. The number of nitrogens with zero attached hydrogens (tertiary/aromatic N) is 1. The first-order chi connectivity index (χ1) is 7.13. The van der Waals surface area contributed by atoms with Crippen molar-refractivity contribution >= 4 is 32.7 Å². The number of hydrazine groups is 1. The maximum atomic E-state index is 5.41. The standard InChI is InChI=1S/C11H12BrN3/c1-6-3-4-9(12)8-5-7(2)11(15-13)14-10(6)8/h3-5H,13H2,1-2H3,(H,14,15). The Morgan fingerprint density at radius 3 is 2.67 bits per heavy atom. The Kier molecular flexibility index (Phi) is 2.63. The molecule has 1 aromatic carbocycles. The fourth-order valence-corrected chi connectivity index (χ4v) is 2.04. The average molecular weight is 266 g/mol. The summed E-state index contributed by atoms with van der Waals surface area (Å²) in [6.45, 7) is 4.02. The van der Waals surface area contributed by atoms with Gasteiger partial charge in [0.25, 0.3) is 0 Å². The van der Waals surface area contributed by atoms with Crippen LogP contribution in [0.2, 0.25) is 0 Å². The molecule has 3 N–H and O–H groups in total. The Morgan fingerprint density at radius 2 is 2.00 bits per heavy atom. The smallest absolute Gasteiger partial charge is 0.143 e. The third-order valence-corrected chi connectivity index (χ3v) is 3.15. The van der Waals surface area contributed by atoms with Crippen molar-refractivity contribution < 1.29 is 0 Å². The molecule has 0 fully saturated rings. The van der Waals surface area contributed by atoms with Gasteiger partial charge >= 0.3 is 0 Å². The van der Waals surface area contributed by atoms with Crippen molar-refractivity contribution in [1.82, 2.24) is 4.98 Å². The quantitative estimate of drug-likeness (QED) is 0.616. The number of nitrogens with one attached hydrogen (secondary N) is 1.